The average Bonchev–Trinajstić information content (AvgIpc) is 2.49. The standard InChI is InChI=1S/C8H7ClO4S/c9-6-2-1-5(14-6)8(13)4(10)3-7(11)12/h1-2,4,10H,3H2,(H,11,12). The molecule has 0 radical (unpaired) electrons. The third-order valence-electron chi connectivity index (χ3n) is 1.49. The van der Waals surface area contributed by atoms with E-state index in [0.717, 1.165) is 11.3 Å². The third-order valence-corrected chi connectivity index (χ3v) is 2.73. The van der Waals surface area contributed by atoms with Crippen LogP contribution in [0.15, 0.2) is 12.1 Å². The lowest BCUT2D eigenvalue weighted by Crippen LogP contribution is -2.22. The number of aliphatic carboxylic acids is 1. The number of rotatable bonds is 4. The Hall–Kier alpha value is -0.910. The van der Waals surface area contributed by atoms with Gasteiger partial charge in [-0.3, -0.25) is 9.59 Å². The first-order chi connectivity index (χ1) is 6.50. The molecule has 2 N–H and O–H groups in total. The Morgan fingerprint density at radius 2 is 2.14 bits per heavy atom. The zero-order valence-electron chi connectivity index (χ0n) is 6.94. The Balaban J connectivity index is 2.70. The van der Waals surface area contributed by atoms with Crippen LogP contribution in [-0.2, 0) is 4.79 Å². The Morgan fingerprint density at radius 1 is 1.50 bits per heavy atom. The first-order valence-electron chi connectivity index (χ1n) is 3.70. The van der Waals surface area contributed by atoms with Crippen molar-refractivity contribution < 1.29 is 19.8 Å². The van der Waals surface area contributed by atoms with Crippen LogP contribution in [0.4, 0.5) is 0 Å². The van der Waals surface area contributed by atoms with Gasteiger partial charge < -0.3 is 10.2 Å². The summed E-state index contributed by atoms with van der Waals surface area (Å²) < 4.78 is 0.427. The highest BCUT2D eigenvalue weighted by Crippen LogP contribution is 2.22. The van der Waals surface area contributed by atoms with Crippen LogP contribution >= 0.6 is 22.9 Å². The number of carbonyl (C=O) groups excluding carboxylic acids is 1. The topological polar surface area (TPSA) is 74.6 Å². The highest BCUT2D eigenvalue weighted by atomic mass is 35.5. The molecule has 0 aliphatic heterocycles. The van der Waals surface area contributed by atoms with Crippen molar-refractivity contribution in [3.63, 3.8) is 0 Å². The number of carboxylic acids is 1. The van der Waals surface area contributed by atoms with Crippen LogP contribution in [0.5, 0.6) is 0 Å². The monoisotopic (exact) mass is 234 g/mol. The number of carbonyl (C=O) groups is 2. The molecule has 0 bridgehead atoms. The SMILES string of the molecule is O=C(O)CC(O)C(=O)c1ccc(Cl)s1. The summed E-state index contributed by atoms with van der Waals surface area (Å²) in [6.07, 6.45) is -2.09. The number of Topliss-reactive ketones (excluding diaryl/α,β-unsaturated/α-hetero) is 1. The van der Waals surface area contributed by atoms with Crippen LogP contribution < -0.4 is 0 Å². The summed E-state index contributed by atoms with van der Waals surface area (Å²) in [5.41, 5.74) is 0. The van der Waals surface area contributed by atoms with Crippen molar-refractivity contribution in [3.05, 3.63) is 21.3 Å². The number of halogens is 1. The summed E-state index contributed by atoms with van der Waals surface area (Å²) in [7, 11) is 0. The lowest BCUT2D eigenvalue weighted by atomic mass is 10.1. The lowest BCUT2D eigenvalue weighted by molar-refractivity contribution is -0.138. The van der Waals surface area contributed by atoms with Crippen LogP contribution in [-0.4, -0.2) is 28.1 Å². The third kappa shape index (κ3) is 2.80. The van der Waals surface area contributed by atoms with Crippen molar-refractivity contribution in [2.24, 2.45) is 0 Å². The zero-order chi connectivity index (χ0) is 10.7. The summed E-state index contributed by atoms with van der Waals surface area (Å²) >= 11 is 6.60. The fourth-order valence-electron chi connectivity index (χ4n) is 0.869. The van der Waals surface area contributed by atoms with Gasteiger partial charge in [-0.2, -0.15) is 0 Å². The molecule has 0 spiro atoms. The lowest BCUT2D eigenvalue weighted by Gasteiger charge is -2.03. The van der Waals surface area contributed by atoms with Crippen molar-refractivity contribution in [1.29, 1.82) is 0 Å². The van der Waals surface area contributed by atoms with Crippen LogP contribution in [0, 0.1) is 0 Å². The smallest absolute Gasteiger partial charge is 0.306 e. The number of carboxylic acid groups (broad SMARTS) is 1. The maximum absolute atomic E-state index is 11.3. The van der Waals surface area contributed by atoms with Crippen molar-refractivity contribution in [1.82, 2.24) is 0 Å². The average molecular weight is 235 g/mol. The van der Waals surface area contributed by atoms with Gasteiger partial charge in [0, 0.05) is 0 Å². The number of aliphatic hydroxyl groups is 1. The zero-order valence-corrected chi connectivity index (χ0v) is 8.51. The molecule has 1 heterocycles. The molecule has 0 saturated heterocycles. The van der Waals surface area contributed by atoms with Gasteiger partial charge in [-0.05, 0) is 12.1 Å². The molecular weight excluding hydrogens is 228 g/mol. The minimum absolute atomic E-state index is 0.267. The first kappa shape index (κ1) is 11.2. The molecule has 1 atom stereocenters. The maximum Gasteiger partial charge on any atom is 0.306 e. The molecule has 0 fully saturated rings. The van der Waals surface area contributed by atoms with E-state index in [2.05, 4.69) is 0 Å². The van der Waals surface area contributed by atoms with Gasteiger partial charge in [0.2, 0.25) is 5.78 Å². The van der Waals surface area contributed by atoms with Crippen molar-refractivity contribution >= 4 is 34.7 Å². The molecular formula is C8H7ClO4S. The van der Waals surface area contributed by atoms with E-state index in [9.17, 15) is 14.7 Å². The second kappa shape index (κ2) is 4.54. The molecule has 1 unspecified atom stereocenters. The predicted octanol–water partition coefficient (Wildman–Crippen LogP) is 1.42. The number of hydrogen-bond donors (Lipinski definition) is 2. The molecule has 0 aliphatic rings. The first-order valence-corrected chi connectivity index (χ1v) is 4.89. The molecule has 76 valence electrons. The molecule has 1 aromatic rings. The summed E-state index contributed by atoms with van der Waals surface area (Å²) in [6.45, 7) is 0. The van der Waals surface area contributed by atoms with E-state index in [4.69, 9.17) is 16.7 Å². The number of hydrogen-bond acceptors (Lipinski definition) is 4. The predicted molar refractivity (Wildman–Crippen MR) is 51.9 cm³/mol. The van der Waals surface area contributed by atoms with Gasteiger partial charge in [-0.15, -0.1) is 11.3 Å². The van der Waals surface area contributed by atoms with E-state index in [-0.39, 0.29) is 4.88 Å². The number of ketones is 1. The van der Waals surface area contributed by atoms with Gasteiger partial charge in [0.05, 0.1) is 15.6 Å². The molecule has 0 aromatic carbocycles. The Bertz CT molecular complexity index is 360. The van der Waals surface area contributed by atoms with Crippen LogP contribution in [0.25, 0.3) is 0 Å². The van der Waals surface area contributed by atoms with Crippen molar-refractivity contribution in [2.75, 3.05) is 0 Å². The molecule has 1 rings (SSSR count). The molecule has 6 heteroatoms. The molecule has 14 heavy (non-hydrogen) atoms. The highest BCUT2D eigenvalue weighted by molar-refractivity contribution is 7.18. The van der Waals surface area contributed by atoms with Crippen molar-refractivity contribution in [3.8, 4) is 0 Å². The highest BCUT2D eigenvalue weighted by Gasteiger charge is 2.21. The molecule has 1 aromatic heterocycles. The van der Waals surface area contributed by atoms with Crippen molar-refractivity contribution in [2.45, 2.75) is 12.5 Å². The van der Waals surface area contributed by atoms with E-state index in [1.807, 2.05) is 0 Å². The minimum atomic E-state index is -1.50. The Labute approximate surface area is 88.7 Å². The fourth-order valence-corrected chi connectivity index (χ4v) is 1.90. The second-order valence-electron chi connectivity index (χ2n) is 2.58. The normalized spacial score (nSPS) is 12.4. The van der Waals surface area contributed by atoms with Crippen LogP contribution in [0.2, 0.25) is 4.34 Å². The Morgan fingerprint density at radius 3 is 2.57 bits per heavy atom. The summed E-state index contributed by atoms with van der Waals surface area (Å²) in [6, 6.07) is 2.98. The quantitative estimate of drug-likeness (QED) is 0.773. The van der Waals surface area contributed by atoms with Gasteiger partial charge in [0.15, 0.2) is 0 Å². The van der Waals surface area contributed by atoms with Gasteiger partial charge in [0.1, 0.15) is 6.10 Å². The maximum atomic E-state index is 11.3. The molecule has 4 nitrogen and oxygen atoms in total. The number of aliphatic hydroxyl groups excluding tert-OH is 1. The van der Waals surface area contributed by atoms with Gasteiger partial charge in [0.25, 0.3) is 0 Å². The van der Waals surface area contributed by atoms with Gasteiger partial charge in [-0.1, -0.05) is 11.6 Å². The van der Waals surface area contributed by atoms with Crippen LogP contribution in [0.3, 0.4) is 0 Å². The second-order valence-corrected chi connectivity index (χ2v) is 4.30. The van der Waals surface area contributed by atoms with Crippen LogP contribution in [0.1, 0.15) is 16.1 Å². The van der Waals surface area contributed by atoms with E-state index < -0.39 is 24.3 Å². The van der Waals surface area contributed by atoms with E-state index in [0.29, 0.717) is 4.34 Å². The van der Waals surface area contributed by atoms with E-state index >= 15 is 0 Å². The van der Waals surface area contributed by atoms with E-state index in [1.54, 1.807) is 0 Å². The summed E-state index contributed by atoms with van der Waals surface area (Å²) in [5.74, 6) is -1.82. The van der Waals surface area contributed by atoms with Gasteiger partial charge >= 0.3 is 5.97 Å². The molecule has 0 saturated carbocycles. The minimum Gasteiger partial charge on any atom is -0.481 e. The van der Waals surface area contributed by atoms with E-state index in [1.165, 1.54) is 12.1 Å². The molecule has 0 amide bonds. The summed E-state index contributed by atoms with van der Waals surface area (Å²) in [4.78, 5) is 21.8. The Kier molecular flexibility index (Phi) is 3.62. The van der Waals surface area contributed by atoms with Gasteiger partial charge in [-0.25, -0.2) is 0 Å². The summed E-state index contributed by atoms with van der Waals surface area (Å²) in [5, 5.41) is 17.5. The molecule has 0 aliphatic carbocycles. The number of thiophene rings is 1. The largest absolute Gasteiger partial charge is 0.481 e. The fraction of sp³-hybridized carbons (Fsp3) is 0.250.